The summed E-state index contributed by atoms with van der Waals surface area (Å²) in [6.07, 6.45) is -0.945. The summed E-state index contributed by atoms with van der Waals surface area (Å²) in [5.41, 5.74) is 2.26. The van der Waals surface area contributed by atoms with E-state index in [4.69, 9.17) is 14.3 Å². The Balaban J connectivity index is 1.41. The molecule has 4 rings (SSSR count). The van der Waals surface area contributed by atoms with E-state index in [0.717, 1.165) is 15.4 Å². The van der Waals surface area contributed by atoms with E-state index in [9.17, 15) is 18.3 Å². The number of oxime groups is 1. The van der Waals surface area contributed by atoms with Gasteiger partial charge in [0.15, 0.2) is 0 Å². The number of methoxy groups -OCH3 is 1. The van der Waals surface area contributed by atoms with Gasteiger partial charge in [0.2, 0.25) is 15.9 Å². The van der Waals surface area contributed by atoms with Crippen molar-refractivity contribution in [1.82, 2.24) is 9.62 Å². The lowest BCUT2D eigenvalue weighted by Crippen LogP contribution is -2.48. The van der Waals surface area contributed by atoms with Crippen LogP contribution in [0.4, 0.5) is 0 Å². The number of nitrogens with zero attached hydrogens (tertiary/aromatic N) is 2. The molecule has 10 nitrogen and oxygen atoms in total. The minimum Gasteiger partial charge on any atom is -0.497 e. The summed E-state index contributed by atoms with van der Waals surface area (Å²) in [7, 11) is -1.11. The summed E-state index contributed by atoms with van der Waals surface area (Å²) in [5.74, 6) is 0.659. The van der Waals surface area contributed by atoms with Gasteiger partial charge in [-0.2, -0.15) is 4.31 Å². The van der Waals surface area contributed by atoms with Gasteiger partial charge in [-0.25, -0.2) is 8.42 Å². The Morgan fingerprint density at radius 2 is 1.64 bits per heavy atom. The van der Waals surface area contributed by atoms with Crippen LogP contribution in [-0.2, 0) is 19.7 Å². The Morgan fingerprint density at radius 3 is 2.28 bits per heavy atom. The van der Waals surface area contributed by atoms with Crippen LogP contribution in [0.2, 0.25) is 0 Å². The summed E-state index contributed by atoms with van der Waals surface area (Å²) in [6.45, 7) is -0.275. The van der Waals surface area contributed by atoms with Crippen LogP contribution in [0.1, 0.15) is 6.42 Å². The highest BCUT2D eigenvalue weighted by molar-refractivity contribution is 7.89. The smallest absolute Gasteiger partial charge is 0.244 e. The molecule has 0 radical (unpaired) electrons. The van der Waals surface area contributed by atoms with E-state index >= 15 is 0 Å². The lowest BCUT2D eigenvalue weighted by Gasteiger charge is -2.23. The largest absolute Gasteiger partial charge is 0.497 e. The van der Waals surface area contributed by atoms with Gasteiger partial charge in [0.05, 0.1) is 24.3 Å². The number of benzene rings is 3. The lowest BCUT2D eigenvalue weighted by atomic mass is 10.1. The van der Waals surface area contributed by atoms with Crippen molar-refractivity contribution < 1.29 is 32.6 Å². The average Bonchev–Trinajstić information content (AvgIpc) is 3.41. The van der Waals surface area contributed by atoms with E-state index in [-0.39, 0.29) is 31.0 Å². The second-order valence-electron chi connectivity index (χ2n) is 8.89. The van der Waals surface area contributed by atoms with Crippen LogP contribution in [0.3, 0.4) is 0 Å². The zero-order valence-corrected chi connectivity index (χ0v) is 22.5. The number of nitrogens with one attached hydrogen (secondary N) is 1. The fraction of sp³-hybridized carbons (Fsp3) is 0.286. The van der Waals surface area contributed by atoms with Crippen molar-refractivity contribution in [2.75, 3.05) is 33.9 Å². The first-order chi connectivity index (χ1) is 18.8. The topological polar surface area (TPSA) is 127 Å². The third-order valence-electron chi connectivity index (χ3n) is 6.22. The number of carbonyl (C=O) groups is 1. The van der Waals surface area contributed by atoms with Gasteiger partial charge in [-0.3, -0.25) is 4.79 Å². The fourth-order valence-corrected chi connectivity index (χ4v) is 5.77. The number of rotatable bonds is 11. The summed E-state index contributed by atoms with van der Waals surface area (Å²) in [6, 6.07) is 21.9. The van der Waals surface area contributed by atoms with Gasteiger partial charge < -0.3 is 24.7 Å². The maximum absolute atomic E-state index is 13.6. The van der Waals surface area contributed by atoms with Gasteiger partial charge in [-0.15, -0.1) is 0 Å². The van der Waals surface area contributed by atoms with Gasteiger partial charge in [0.25, 0.3) is 0 Å². The quantitative estimate of drug-likeness (QED) is 0.350. The first-order valence-electron chi connectivity index (χ1n) is 12.3. The number of ether oxygens (including phenoxy) is 2. The monoisotopic (exact) mass is 553 g/mol. The maximum atomic E-state index is 13.6. The molecule has 2 N–H and O–H groups in total. The van der Waals surface area contributed by atoms with E-state index < -0.39 is 28.1 Å². The van der Waals surface area contributed by atoms with Crippen LogP contribution in [0, 0.1) is 0 Å². The van der Waals surface area contributed by atoms with E-state index in [1.165, 1.54) is 19.2 Å². The van der Waals surface area contributed by atoms with Crippen molar-refractivity contribution in [1.29, 1.82) is 0 Å². The van der Waals surface area contributed by atoms with Gasteiger partial charge in [0, 0.05) is 13.0 Å². The second kappa shape index (κ2) is 12.7. The normalized spacial score (nSPS) is 17.5. The molecule has 1 saturated heterocycles. The van der Waals surface area contributed by atoms with Crippen molar-refractivity contribution in [3.63, 3.8) is 0 Å². The number of hydrogen-bond donors (Lipinski definition) is 2. The van der Waals surface area contributed by atoms with Crippen molar-refractivity contribution in [2.45, 2.75) is 23.5 Å². The predicted molar refractivity (Wildman–Crippen MR) is 146 cm³/mol. The van der Waals surface area contributed by atoms with Crippen LogP contribution < -0.4 is 14.8 Å². The van der Waals surface area contributed by atoms with Gasteiger partial charge >= 0.3 is 0 Å². The van der Waals surface area contributed by atoms with Gasteiger partial charge in [0.1, 0.15) is 37.4 Å². The minimum absolute atomic E-state index is 0.0616. The molecule has 11 heteroatoms. The molecule has 1 fully saturated rings. The fourth-order valence-electron chi connectivity index (χ4n) is 4.20. The van der Waals surface area contributed by atoms with E-state index in [1.54, 1.807) is 43.5 Å². The first kappa shape index (κ1) is 28.1. The van der Waals surface area contributed by atoms with Gasteiger partial charge in [-0.1, -0.05) is 47.6 Å². The van der Waals surface area contributed by atoms with Crippen LogP contribution >= 0.6 is 0 Å². The van der Waals surface area contributed by atoms with Crippen molar-refractivity contribution in [2.24, 2.45) is 5.16 Å². The van der Waals surface area contributed by atoms with Crippen molar-refractivity contribution >= 4 is 21.6 Å². The van der Waals surface area contributed by atoms with Crippen molar-refractivity contribution in [3.05, 3.63) is 78.9 Å². The van der Waals surface area contributed by atoms with E-state index in [1.807, 2.05) is 30.3 Å². The Kier molecular flexibility index (Phi) is 9.18. The Labute approximate surface area is 227 Å². The average molecular weight is 554 g/mol. The highest BCUT2D eigenvalue weighted by atomic mass is 32.2. The molecule has 0 aliphatic carbocycles. The summed E-state index contributed by atoms with van der Waals surface area (Å²) < 4.78 is 38.9. The molecule has 1 aliphatic rings. The highest BCUT2D eigenvalue weighted by Gasteiger charge is 2.42. The number of aliphatic hydroxyl groups is 1. The molecule has 3 aromatic rings. The number of amides is 1. The van der Waals surface area contributed by atoms with E-state index in [0.29, 0.717) is 17.2 Å². The molecule has 206 valence electrons. The molecule has 1 heterocycles. The number of aliphatic hydroxyl groups excluding tert-OH is 1. The first-order valence-corrected chi connectivity index (χ1v) is 13.7. The highest BCUT2D eigenvalue weighted by Crippen LogP contribution is 2.28. The molecular weight excluding hydrogens is 522 g/mol. The van der Waals surface area contributed by atoms with E-state index in [2.05, 4.69) is 10.5 Å². The summed E-state index contributed by atoms with van der Waals surface area (Å²) in [4.78, 5) is 18.0. The molecule has 2 atom stereocenters. The minimum atomic E-state index is -4.03. The molecular formula is C28H31N3O7S. The number of hydrogen-bond acceptors (Lipinski definition) is 8. The van der Waals surface area contributed by atoms with Crippen LogP contribution in [0.25, 0.3) is 11.1 Å². The molecule has 1 aliphatic heterocycles. The Morgan fingerprint density at radius 1 is 1.00 bits per heavy atom. The molecule has 39 heavy (non-hydrogen) atoms. The number of carbonyl (C=O) groups excluding carboxylic acids is 1. The van der Waals surface area contributed by atoms with Crippen LogP contribution in [0.5, 0.6) is 11.5 Å². The van der Waals surface area contributed by atoms with Crippen LogP contribution in [-0.4, -0.2) is 75.5 Å². The maximum Gasteiger partial charge on any atom is 0.244 e. The molecule has 1 unspecified atom stereocenters. The molecule has 1 amide bonds. The zero-order chi connectivity index (χ0) is 27.8. The summed E-state index contributed by atoms with van der Waals surface area (Å²) in [5, 5.41) is 16.8. The molecule has 3 aromatic carbocycles. The van der Waals surface area contributed by atoms with Crippen molar-refractivity contribution in [3.8, 4) is 22.6 Å². The van der Waals surface area contributed by atoms with Gasteiger partial charge in [-0.05, 0) is 47.5 Å². The SMILES string of the molecule is CON=C1C[C@@H](C(=O)NCC(O)COc2ccc(OC)cc2)N(S(=O)(=O)c2ccc(-c3ccccc3)cc2)C1. The summed E-state index contributed by atoms with van der Waals surface area (Å²) >= 11 is 0. The third kappa shape index (κ3) is 6.94. The lowest BCUT2D eigenvalue weighted by molar-refractivity contribution is -0.124. The molecule has 0 saturated carbocycles. The molecule has 0 bridgehead atoms. The van der Waals surface area contributed by atoms with Crippen LogP contribution in [0.15, 0.2) is 88.9 Å². The standard InChI is InChI=1S/C28H31N3O7S/c1-36-24-10-12-25(13-11-24)38-19-23(32)17-29-28(33)27-16-22(30-37-2)18-31(27)39(34,35)26-14-8-21(9-15-26)20-6-4-3-5-7-20/h3-15,23,27,32H,16-19H2,1-2H3,(H,29,33)/t23?,27-/m0/s1. The Bertz CT molecular complexity index is 1380. The predicted octanol–water partition coefficient (Wildman–Crippen LogP) is 2.68. The second-order valence-corrected chi connectivity index (χ2v) is 10.8. The number of sulfonamides is 1. The zero-order valence-electron chi connectivity index (χ0n) is 21.7. The Hall–Kier alpha value is -3.93. The third-order valence-corrected chi connectivity index (χ3v) is 8.09. The molecule has 0 spiro atoms. The molecule has 0 aromatic heterocycles.